The van der Waals surface area contributed by atoms with E-state index in [9.17, 15) is 18.0 Å². The van der Waals surface area contributed by atoms with Crippen molar-refractivity contribution in [1.29, 1.82) is 0 Å². The molecule has 38 heavy (non-hydrogen) atoms. The summed E-state index contributed by atoms with van der Waals surface area (Å²) >= 11 is 12.9. The summed E-state index contributed by atoms with van der Waals surface area (Å²) in [5.41, 5.74) is 2.49. The predicted molar refractivity (Wildman–Crippen MR) is 153 cm³/mol. The number of amides is 2. The number of likely N-dealkylation sites (N-methyl/N-ethyl adjacent to an activating group) is 1. The van der Waals surface area contributed by atoms with E-state index in [1.165, 1.54) is 11.9 Å². The second-order valence-electron chi connectivity index (χ2n) is 8.79. The van der Waals surface area contributed by atoms with E-state index in [-0.39, 0.29) is 13.0 Å². The van der Waals surface area contributed by atoms with Gasteiger partial charge in [-0.25, -0.2) is 8.42 Å². The Morgan fingerprint density at radius 1 is 0.921 bits per heavy atom. The lowest BCUT2D eigenvalue weighted by Gasteiger charge is -2.34. The maximum Gasteiger partial charge on any atom is 0.244 e. The zero-order valence-electron chi connectivity index (χ0n) is 21.5. The van der Waals surface area contributed by atoms with E-state index in [4.69, 9.17) is 23.2 Å². The lowest BCUT2D eigenvalue weighted by molar-refractivity contribution is -0.139. The Kier molecular flexibility index (Phi) is 10.2. The fraction of sp³-hybridized carbons (Fsp3) is 0.286. The van der Waals surface area contributed by atoms with Gasteiger partial charge < -0.3 is 10.2 Å². The van der Waals surface area contributed by atoms with Crippen molar-refractivity contribution >= 4 is 50.7 Å². The summed E-state index contributed by atoms with van der Waals surface area (Å²) in [6.07, 6.45) is 1.84. The van der Waals surface area contributed by atoms with Crippen molar-refractivity contribution in [2.45, 2.75) is 32.4 Å². The normalized spacial score (nSPS) is 12.0. The van der Waals surface area contributed by atoms with Crippen molar-refractivity contribution in [2.75, 3.05) is 24.2 Å². The third-order valence-electron chi connectivity index (χ3n) is 6.23. The monoisotopic (exact) mass is 575 g/mol. The fourth-order valence-electron chi connectivity index (χ4n) is 4.22. The summed E-state index contributed by atoms with van der Waals surface area (Å²) in [6, 6.07) is 20.3. The van der Waals surface area contributed by atoms with Gasteiger partial charge >= 0.3 is 0 Å². The van der Waals surface area contributed by atoms with Crippen LogP contribution in [0.15, 0.2) is 72.8 Å². The number of rotatable bonds is 11. The van der Waals surface area contributed by atoms with Crippen LogP contribution in [0.1, 0.15) is 23.6 Å². The summed E-state index contributed by atoms with van der Waals surface area (Å²) in [6.45, 7) is 1.32. The quantitative estimate of drug-likeness (QED) is 0.359. The zero-order chi connectivity index (χ0) is 27.9. The summed E-state index contributed by atoms with van der Waals surface area (Å²) in [5, 5.41) is 3.31. The number of para-hydroxylation sites is 1. The smallest absolute Gasteiger partial charge is 0.244 e. The van der Waals surface area contributed by atoms with E-state index in [1.807, 2.05) is 49.4 Å². The molecule has 1 N–H and O–H groups in total. The van der Waals surface area contributed by atoms with Crippen LogP contribution in [-0.4, -0.2) is 51.0 Å². The van der Waals surface area contributed by atoms with Gasteiger partial charge in [-0.2, -0.15) is 0 Å². The van der Waals surface area contributed by atoms with Crippen LogP contribution in [0.3, 0.4) is 0 Å². The highest BCUT2D eigenvalue weighted by Crippen LogP contribution is 2.28. The lowest BCUT2D eigenvalue weighted by atomic mass is 10.0. The number of nitrogens with zero attached hydrogens (tertiary/aromatic N) is 2. The Morgan fingerprint density at radius 3 is 2.11 bits per heavy atom. The minimum Gasteiger partial charge on any atom is -0.357 e. The number of hydrogen-bond donors (Lipinski definition) is 1. The molecule has 3 rings (SSSR count). The summed E-state index contributed by atoms with van der Waals surface area (Å²) in [5.74, 6) is -0.966. The van der Waals surface area contributed by atoms with Crippen molar-refractivity contribution in [2.24, 2.45) is 0 Å². The molecule has 0 unspecified atom stereocenters. The van der Waals surface area contributed by atoms with E-state index < -0.39 is 34.4 Å². The van der Waals surface area contributed by atoms with E-state index in [2.05, 4.69) is 5.32 Å². The number of carbonyl (C=O) groups excluding carboxylic acids is 2. The molecule has 3 aromatic rings. The Morgan fingerprint density at radius 2 is 1.53 bits per heavy atom. The van der Waals surface area contributed by atoms with Gasteiger partial charge in [0.25, 0.3) is 0 Å². The average molecular weight is 577 g/mol. The van der Waals surface area contributed by atoms with Crippen LogP contribution in [0.2, 0.25) is 10.0 Å². The number of aryl methyl sites for hydroxylation is 1. The third kappa shape index (κ3) is 7.28. The first-order valence-corrected chi connectivity index (χ1v) is 14.7. The average Bonchev–Trinajstić information content (AvgIpc) is 2.90. The standard InChI is InChI=1S/C28H31Cl2N3O4S/c1-4-21-13-8-9-16-25(21)33(38(3,36)37)19-27(34)32(18-22-23(29)14-10-15-24(22)30)26(28(35)31-2)17-20-11-6-5-7-12-20/h5-16,26H,4,17-19H2,1-3H3,(H,31,35)/t26-/m1/s1. The van der Waals surface area contributed by atoms with Gasteiger partial charge in [-0.3, -0.25) is 13.9 Å². The van der Waals surface area contributed by atoms with Crippen molar-refractivity contribution in [3.05, 3.63) is 99.5 Å². The highest BCUT2D eigenvalue weighted by atomic mass is 35.5. The van der Waals surface area contributed by atoms with Crippen LogP contribution in [0.5, 0.6) is 0 Å². The Labute approximate surface area is 234 Å². The first-order valence-electron chi connectivity index (χ1n) is 12.1. The SMILES string of the molecule is CCc1ccccc1N(CC(=O)N(Cc1c(Cl)cccc1Cl)[C@H](Cc1ccccc1)C(=O)NC)S(C)(=O)=O. The van der Waals surface area contributed by atoms with E-state index in [0.29, 0.717) is 27.7 Å². The minimum atomic E-state index is -3.85. The molecule has 3 aromatic carbocycles. The zero-order valence-corrected chi connectivity index (χ0v) is 23.9. The predicted octanol–water partition coefficient (Wildman–Crippen LogP) is 4.71. The van der Waals surface area contributed by atoms with Crippen LogP contribution in [-0.2, 0) is 39.0 Å². The van der Waals surface area contributed by atoms with Gasteiger partial charge in [0.2, 0.25) is 21.8 Å². The topological polar surface area (TPSA) is 86.8 Å². The Hall–Kier alpha value is -3.07. The number of sulfonamides is 1. The number of nitrogens with one attached hydrogen (secondary N) is 1. The molecule has 1 atom stereocenters. The maximum atomic E-state index is 14.0. The van der Waals surface area contributed by atoms with E-state index in [1.54, 1.807) is 30.3 Å². The van der Waals surface area contributed by atoms with Crippen LogP contribution < -0.4 is 9.62 Å². The first-order chi connectivity index (χ1) is 18.1. The first kappa shape index (κ1) is 29.5. The molecule has 0 aromatic heterocycles. The molecule has 0 aliphatic heterocycles. The van der Waals surface area contributed by atoms with Gasteiger partial charge in [0.05, 0.1) is 11.9 Å². The molecule has 0 aliphatic rings. The number of benzene rings is 3. The maximum absolute atomic E-state index is 14.0. The molecule has 0 bridgehead atoms. The molecule has 10 heteroatoms. The van der Waals surface area contributed by atoms with Crippen molar-refractivity contribution < 1.29 is 18.0 Å². The van der Waals surface area contributed by atoms with Crippen LogP contribution in [0, 0.1) is 0 Å². The van der Waals surface area contributed by atoms with Crippen LogP contribution in [0.25, 0.3) is 0 Å². The molecule has 0 saturated carbocycles. The van der Waals surface area contributed by atoms with E-state index in [0.717, 1.165) is 21.7 Å². The summed E-state index contributed by atoms with van der Waals surface area (Å²) < 4.78 is 26.9. The van der Waals surface area contributed by atoms with Crippen molar-refractivity contribution in [1.82, 2.24) is 10.2 Å². The highest BCUT2D eigenvalue weighted by molar-refractivity contribution is 7.92. The van der Waals surface area contributed by atoms with Gasteiger partial charge in [0.1, 0.15) is 12.6 Å². The molecular formula is C28H31Cl2N3O4S. The van der Waals surface area contributed by atoms with Gasteiger partial charge in [0, 0.05) is 35.6 Å². The molecule has 0 radical (unpaired) electrons. The van der Waals surface area contributed by atoms with Gasteiger partial charge in [-0.1, -0.05) is 84.7 Å². The van der Waals surface area contributed by atoms with Crippen molar-refractivity contribution in [3.8, 4) is 0 Å². The van der Waals surface area contributed by atoms with Crippen LogP contribution >= 0.6 is 23.2 Å². The largest absolute Gasteiger partial charge is 0.357 e. The Balaban J connectivity index is 2.09. The van der Waals surface area contributed by atoms with Crippen molar-refractivity contribution in [3.63, 3.8) is 0 Å². The molecule has 0 spiro atoms. The van der Waals surface area contributed by atoms with E-state index >= 15 is 0 Å². The second-order valence-corrected chi connectivity index (χ2v) is 11.5. The molecule has 0 aliphatic carbocycles. The molecule has 0 heterocycles. The molecule has 2 amide bonds. The minimum absolute atomic E-state index is 0.0880. The Bertz CT molecular complexity index is 1360. The molecule has 0 saturated heterocycles. The van der Waals surface area contributed by atoms with Gasteiger partial charge in [-0.15, -0.1) is 0 Å². The number of halogens is 2. The molecular weight excluding hydrogens is 545 g/mol. The third-order valence-corrected chi connectivity index (χ3v) is 8.06. The van der Waals surface area contributed by atoms with Gasteiger partial charge in [0.15, 0.2) is 0 Å². The number of hydrogen-bond acceptors (Lipinski definition) is 4. The fourth-order valence-corrected chi connectivity index (χ4v) is 5.62. The lowest BCUT2D eigenvalue weighted by Crippen LogP contribution is -2.53. The molecule has 7 nitrogen and oxygen atoms in total. The molecule has 0 fully saturated rings. The second kappa shape index (κ2) is 13.1. The molecule has 202 valence electrons. The van der Waals surface area contributed by atoms with Crippen LogP contribution in [0.4, 0.5) is 5.69 Å². The van der Waals surface area contributed by atoms with Gasteiger partial charge in [-0.05, 0) is 35.7 Å². The highest BCUT2D eigenvalue weighted by Gasteiger charge is 2.33. The number of carbonyl (C=O) groups is 2. The number of anilines is 1. The summed E-state index contributed by atoms with van der Waals surface area (Å²) in [4.78, 5) is 28.5. The summed E-state index contributed by atoms with van der Waals surface area (Å²) in [7, 11) is -2.35.